The van der Waals surface area contributed by atoms with Crippen LogP contribution in [0, 0.1) is 6.92 Å². The smallest absolute Gasteiger partial charge is 0.347 e. The summed E-state index contributed by atoms with van der Waals surface area (Å²) in [7, 11) is 3.27. The van der Waals surface area contributed by atoms with E-state index in [-0.39, 0.29) is 13.3 Å². The van der Waals surface area contributed by atoms with Gasteiger partial charge in [-0.3, -0.25) is 5.32 Å². The largest absolute Gasteiger partial charge is 0.496 e. The van der Waals surface area contributed by atoms with E-state index >= 15 is 0 Å². The first-order valence-corrected chi connectivity index (χ1v) is 12.4. The number of ether oxygens (including phenoxy) is 5. The minimum Gasteiger partial charge on any atom is -0.496 e. The Morgan fingerprint density at radius 2 is 1.71 bits per heavy atom. The maximum Gasteiger partial charge on any atom is 0.347 e. The average molecular weight is 521 g/mol. The molecule has 200 valence electrons. The van der Waals surface area contributed by atoms with Gasteiger partial charge in [0.1, 0.15) is 11.5 Å². The second-order valence-corrected chi connectivity index (χ2v) is 9.67. The SMILES string of the molecule is COc1cc(-c2ccc(NC3(C(=O)O)COCN3)cc2CCC2(C)Oc3ccccc3O2)cc(OC)c1C. The molecule has 38 heavy (non-hydrogen) atoms. The topological polar surface area (TPSA) is 108 Å². The van der Waals surface area contributed by atoms with Gasteiger partial charge < -0.3 is 34.1 Å². The van der Waals surface area contributed by atoms with Crippen LogP contribution in [0.1, 0.15) is 24.5 Å². The van der Waals surface area contributed by atoms with Gasteiger partial charge in [-0.05, 0) is 66.4 Å². The number of hydrogen-bond donors (Lipinski definition) is 3. The minimum absolute atomic E-state index is 0.00376. The molecule has 2 heterocycles. The Morgan fingerprint density at radius 1 is 1.05 bits per heavy atom. The fourth-order valence-electron chi connectivity index (χ4n) is 4.92. The molecule has 2 aliphatic rings. The maximum absolute atomic E-state index is 12.1. The van der Waals surface area contributed by atoms with Gasteiger partial charge in [-0.2, -0.15) is 0 Å². The Balaban J connectivity index is 1.50. The third kappa shape index (κ3) is 4.82. The van der Waals surface area contributed by atoms with Crippen LogP contribution in [0.3, 0.4) is 0 Å². The van der Waals surface area contributed by atoms with E-state index in [0.29, 0.717) is 30.0 Å². The lowest BCUT2D eigenvalue weighted by Crippen LogP contribution is -2.56. The summed E-state index contributed by atoms with van der Waals surface area (Å²) < 4.78 is 28.9. The zero-order valence-corrected chi connectivity index (χ0v) is 21.9. The molecule has 1 unspecified atom stereocenters. The summed E-state index contributed by atoms with van der Waals surface area (Å²) in [5.41, 5.74) is 3.02. The third-order valence-electron chi connectivity index (χ3n) is 7.04. The summed E-state index contributed by atoms with van der Waals surface area (Å²) in [6.07, 6.45) is 1.15. The first kappa shape index (κ1) is 25.7. The number of aryl methyl sites for hydroxylation is 1. The summed E-state index contributed by atoms with van der Waals surface area (Å²) in [6, 6.07) is 17.4. The molecule has 3 aromatic rings. The predicted molar refractivity (Wildman–Crippen MR) is 142 cm³/mol. The standard InChI is InChI=1S/C29H32N2O7/c1-18-25(34-3)14-20(15-26(18)35-4)22-10-9-21(31-29(27(32)33)16-36-17-30-29)13-19(22)11-12-28(2)37-23-7-5-6-8-24(23)38-28/h5-10,13-15,30-31H,11-12,16-17H2,1-4H3,(H,32,33). The van der Waals surface area contributed by atoms with Crippen molar-refractivity contribution in [3.8, 4) is 34.1 Å². The average Bonchev–Trinajstić information content (AvgIpc) is 3.52. The van der Waals surface area contributed by atoms with Gasteiger partial charge in [0.05, 0.1) is 27.6 Å². The molecule has 1 fully saturated rings. The lowest BCUT2D eigenvalue weighted by atomic mass is 9.93. The Labute approximate surface area is 221 Å². The van der Waals surface area contributed by atoms with Gasteiger partial charge >= 0.3 is 5.97 Å². The molecular weight excluding hydrogens is 488 g/mol. The fourth-order valence-corrected chi connectivity index (χ4v) is 4.92. The second kappa shape index (κ2) is 10.1. The van der Waals surface area contributed by atoms with E-state index in [1.165, 1.54) is 0 Å². The molecule has 0 bridgehead atoms. The van der Waals surface area contributed by atoms with Gasteiger partial charge in [0.2, 0.25) is 11.4 Å². The Hall–Kier alpha value is -3.95. The van der Waals surface area contributed by atoms with Gasteiger partial charge in [0.15, 0.2) is 11.5 Å². The molecule has 5 rings (SSSR count). The molecule has 0 spiro atoms. The zero-order valence-electron chi connectivity index (χ0n) is 21.9. The van der Waals surface area contributed by atoms with Crippen LogP contribution in [0.15, 0.2) is 54.6 Å². The molecule has 0 amide bonds. The van der Waals surface area contributed by atoms with Crippen LogP contribution < -0.4 is 29.6 Å². The van der Waals surface area contributed by atoms with Crippen molar-refractivity contribution >= 4 is 11.7 Å². The molecule has 0 aromatic heterocycles. The molecule has 3 aromatic carbocycles. The third-order valence-corrected chi connectivity index (χ3v) is 7.04. The number of para-hydroxylation sites is 2. The highest BCUT2D eigenvalue weighted by Crippen LogP contribution is 2.42. The maximum atomic E-state index is 12.1. The number of nitrogens with one attached hydrogen (secondary N) is 2. The van der Waals surface area contributed by atoms with Crippen molar-refractivity contribution < 1.29 is 33.6 Å². The van der Waals surface area contributed by atoms with Crippen molar-refractivity contribution in [1.29, 1.82) is 0 Å². The molecule has 3 N–H and O–H groups in total. The lowest BCUT2D eigenvalue weighted by molar-refractivity contribution is -0.143. The Bertz CT molecular complexity index is 1300. The summed E-state index contributed by atoms with van der Waals surface area (Å²) in [5, 5.41) is 15.9. The van der Waals surface area contributed by atoms with Crippen molar-refractivity contribution in [3.05, 3.63) is 65.7 Å². The number of carboxylic acid groups (broad SMARTS) is 1. The van der Waals surface area contributed by atoms with Crippen LogP contribution in [0.25, 0.3) is 11.1 Å². The van der Waals surface area contributed by atoms with E-state index in [2.05, 4.69) is 10.6 Å². The molecular formula is C29H32N2O7. The van der Waals surface area contributed by atoms with Crippen LogP contribution in [-0.2, 0) is 16.0 Å². The number of carboxylic acids is 1. The number of aliphatic carboxylic acids is 1. The van der Waals surface area contributed by atoms with Crippen LogP contribution in [-0.4, -0.2) is 50.1 Å². The van der Waals surface area contributed by atoms with Gasteiger partial charge in [0, 0.05) is 24.6 Å². The number of methoxy groups -OCH3 is 2. The normalized spacial score (nSPS) is 19.3. The van der Waals surface area contributed by atoms with E-state index in [1.54, 1.807) is 14.2 Å². The van der Waals surface area contributed by atoms with E-state index < -0.39 is 17.4 Å². The molecule has 1 saturated heterocycles. The number of benzene rings is 3. The van der Waals surface area contributed by atoms with E-state index in [1.807, 2.05) is 68.4 Å². The van der Waals surface area contributed by atoms with Crippen molar-refractivity contribution in [2.24, 2.45) is 0 Å². The van der Waals surface area contributed by atoms with Crippen molar-refractivity contribution in [1.82, 2.24) is 5.32 Å². The van der Waals surface area contributed by atoms with Gasteiger partial charge in [0.25, 0.3) is 0 Å². The Kier molecular flexibility index (Phi) is 6.81. The first-order valence-electron chi connectivity index (χ1n) is 12.4. The number of fused-ring (bicyclic) bond motifs is 1. The quantitative estimate of drug-likeness (QED) is 0.374. The van der Waals surface area contributed by atoms with E-state index in [9.17, 15) is 9.90 Å². The van der Waals surface area contributed by atoms with E-state index in [4.69, 9.17) is 23.7 Å². The number of hydrogen-bond acceptors (Lipinski definition) is 8. The van der Waals surface area contributed by atoms with Gasteiger partial charge in [-0.1, -0.05) is 18.2 Å². The second-order valence-electron chi connectivity index (χ2n) is 9.67. The predicted octanol–water partition coefficient (Wildman–Crippen LogP) is 4.57. The summed E-state index contributed by atoms with van der Waals surface area (Å²) in [6.45, 7) is 4.03. The van der Waals surface area contributed by atoms with Gasteiger partial charge in [-0.15, -0.1) is 0 Å². The molecule has 1 atom stereocenters. The fraction of sp³-hybridized carbons (Fsp3) is 0.345. The molecule has 2 aliphatic heterocycles. The Morgan fingerprint density at radius 3 is 2.26 bits per heavy atom. The van der Waals surface area contributed by atoms with Crippen LogP contribution in [0.5, 0.6) is 23.0 Å². The highest BCUT2D eigenvalue weighted by molar-refractivity contribution is 5.83. The molecule has 0 saturated carbocycles. The highest BCUT2D eigenvalue weighted by atomic mass is 16.7. The summed E-state index contributed by atoms with van der Waals surface area (Å²) >= 11 is 0. The minimum atomic E-state index is -1.40. The van der Waals surface area contributed by atoms with Crippen molar-refractivity contribution in [2.45, 2.75) is 38.1 Å². The molecule has 9 nitrogen and oxygen atoms in total. The van der Waals surface area contributed by atoms with E-state index in [0.717, 1.165) is 33.8 Å². The van der Waals surface area contributed by atoms with Crippen LogP contribution >= 0.6 is 0 Å². The number of anilines is 1. The number of rotatable bonds is 9. The molecule has 0 radical (unpaired) electrons. The van der Waals surface area contributed by atoms with Crippen molar-refractivity contribution in [3.63, 3.8) is 0 Å². The summed E-state index contributed by atoms with van der Waals surface area (Å²) in [5.74, 6) is 0.996. The first-order chi connectivity index (χ1) is 18.3. The lowest BCUT2D eigenvalue weighted by Gasteiger charge is -2.27. The molecule has 0 aliphatic carbocycles. The van der Waals surface area contributed by atoms with Crippen molar-refractivity contribution in [2.75, 3.05) is 32.9 Å². The molecule has 9 heteroatoms. The van der Waals surface area contributed by atoms with Crippen LogP contribution in [0.4, 0.5) is 5.69 Å². The number of carbonyl (C=O) groups is 1. The monoisotopic (exact) mass is 520 g/mol. The van der Waals surface area contributed by atoms with Gasteiger partial charge in [-0.25, -0.2) is 4.79 Å². The van der Waals surface area contributed by atoms with Crippen LogP contribution in [0.2, 0.25) is 0 Å². The highest BCUT2D eigenvalue weighted by Gasteiger charge is 2.42. The zero-order chi connectivity index (χ0) is 26.9. The summed E-state index contributed by atoms with van der Waals surface area (Å²) in [4.78, 5) is 12.1.